The number of aliphatic hydroxyl groups is 1. The SMILES string of the molecule is CC1CCC(O)(C2CCc3ccccc3N2)CC1. The Morgan fingerprint density at radius 3 is 2.67 bits per heavy atom. The lowest BCUT2D eigenvalue weighted by Crippen LogP contribution is -2.50. The van der Waals surface area contributed by atoms with Gasteiger partial charge in [0.15, 0.2) is 0 Å². The van der Waals surface area contributed by atoms with Crippen molar-refractivity contribution in [2.24, 2.45) is 5.92 Å². The van der Waals surface area contributed by atoms with Crippen LogP contribution in [-0.2, 0) is 6.42 Å². The molecule has 0 radical (unpaired) electrons. The van der Waals surface area contributed by atoms with E-state index >= 15 is 0 Å². The normalized spacial score (nSPS) is 35.7. The quantitative estimate of drug-likeness (QED) is 0.795. The van der Waals surface area contributed by atoms with Crippen LogP contribution in [0.1, 0.15) is 44.6 Å². The number of nitrogens with one attached hydrogen (secondary N) is 1. The van der Waals surface area contributed by atoms with Crippen LogP contribution in [0.4, 0.5) is 5.69 Å². The van der Waals surface area contributed by atoms with E-state index in [-0.39, 0.29) is 6.04 Å². The van der Waals surface area contributed by atoms with Gasteiger partial charge in [-0.05, 0) is 56.1 Å². The third kappa shape index (κ3) is 2.14. The summed E-state index contributed by atoms with van der Waals surface area (Å²) in [4.78, 5) is 0. The highest BCUT2D eigenvalue weighted by atomic mass is 16.3. The zero-order valence-electron chi connectivity index (χ0n) is 11.2. The Balaban J connectivity index is 1.75. The van der Waals surface area contributed by atoms with E-state index in [2.05, 4.69) is 36.5 Å². The average Bonchev–Trinajstić information content (AvgIpc) is 2.42. The van der Waals surface area contributed by atoms with Gasteiger partial charge in [0, 0.05) is 5.69 Å². The molecule has 1 heterocycles. The zero-order chi connectivity index (χ0) is 12.6. The van der Waals surface area contributed by atoms with Crippen LogP contribution in [0, 0.1) is 5.92 Å². The first-order valence-electron chi connectivity index (χ1n) is 7.24. The summed E-state index contributed by atoms with van der Waals surface area (Å²) >= 11 is 0. The Morgan fingerprint density at radius 2 is 1.89 bits per heavy atom. The Hall–Kier alpha value is -1.02. The molecule has 1 fully saturated rings. The summed E-state index contributed by atoms with van der Waals surface area (Å²) in [7, 11) is 0. The Morgan fingerprint density at radius 1 is 1.17 bits per heavy atom. The predicted molar refractivity (Wildman–Crippen MR) is 74.8 cm³/mol. The lowest BCUT2D eigenvalue weighted by Gasteiger charge is -2.43. The van der Waals surface area contributed by atoms with Gasteiger partial charge in [-0.2, -0.15) is 0 Å². The molecular formula is C16H23NO. The highest BCUT2D eigenvalue weighted by molar-refractivity contribution is 5.54. The molecular weight excluding hydrogens is 222 g/mol. The predicted octanol–water partition coefficient (Wildman–Crippen LogP) is 3.35. The van der Waals surface area contributed by atoms with E-state index in [1.165, 1.54) is 11.3 Å². The van der Waals surface area contributed by atoms with Crippen molar-refractivity contribution in [3.05, 3.63) is 29.8 Å². The zero-order valence-corrected chi connectivity index (χ0v) is 11.2. The second-order valence-corrected chi connectivity index (χ2v) is 6.18. The highest BCUT2D eigenvalue weighted by Gasteiger charge is 2.40. The summed E-state index contributed by atoms with van der Waals surface area (Å²) in [6.45, 7) is 2.29. The van der Waals surface area contributed by atoms with Gasteiger partial charge < -0.3 is 10.4 Å². The van der Waals surface area contributed by atoms with E-state index in [9.17, 15) is 5.11 Å². The molecule has 2 N–H and O–H groups in total. The molecule has 1 atom stereocenters. The second-order valence-electron chi connectivity index (χ2n) is 6.18. The lowest BCUT2D eigenvalue weighted by molar-refractivity contribution is -0.0262. The number of para-hydroxylation sites is 1. The third-order valence-corrected chi connectivity index (χ3v) is 4.84. The molecule has 1 aliphatic carbocycles. The molecule has 2 heteroatoms. The Bertz CT molecular complexity index is 421. The molecule has 1 aliphatic heterocycles. The third-order valence-electron chi connectivity index (χ3n) is 4.84. The van der Waals surface area contributed by atoms with Crippen LogP contribution < -0.4 is 5.32 Å². The maximum atomic E-state index is 10.9. The molecule has 1 aromatic carbocycles. The molecule has 3 rings (SSSR count). The van der Waals surface area contributed by atoms with E-state index in [4.69, 9.17) is 0 Å². The van der Waals surface area contributed by atoms with Gasteiger partial charge in [-0.25, -0.2) is 0 Å². The van der Waals surface area contributed by atoms with Gasteiger partial charge in [0.1, 0.15) is 0 Å². The van der Waals surface area contributed by atoms with Crippen molar-refractivity contribution in [1.29, 1.82) is 0 Å². The van der Waals surface area contributed by atoms with Crippen molar-refractivity contribution in [3.8, 4) is 0 Å². The van der Waals surface area contributed by atoms with Gasteiger partial charge in [-0.15, -0.1) is 0 Å². The number of hydrogen-bond acceptors (Lipinski definition) is 2. The summed E-state index contributed by atoms with van der Waals surface area (Å²) < 4.78 is 0. The highest BCUT2D eigenvalue weighted by Crippen LogP contribution is 2.39. The summed E-state index contributed by atoms with van der Waals surface area (Å²) in [6.07, 6.45) is 6.38. The molecule has 0 amide bonds. The fourth-order valence-electron chi connectivity index (χ4n) is 3.45. The van der Waals surface area contributed by atoms with Crippen LogP contribution in [0.25, 0.3) is 0 Å². The lowest BCUT2D eigenvalue weighted by atomic mass is 9.73. The number of benzene rings is 1. The van der Waals surface area contributed by atoms with Gasteiger partial charge in [-0.3, -0.25) is 0 Å². The van der Waals surface area contributed by atoms with Crippen LogP contribution in [0.5, 0.6) is 0 Å². The topological polar surface area (TPSA) is 32.3 Å². The first-order chi connectivity index (χ1) is 8.67. The molecule has 18 heavy (non-hydrogen) atoms. The van der Waals surface area contributed by atoms with E-state index in [1.54, 1.807) is 0 Å². The van der Waals surface area contributed by atoms with Crippen molar-refractivity contribution < 1.29 is 5.11 Å². The van der Waals surface area contributed by atoms with E-state index < -0.39 is 5.60 Å². The van der Waals surface area contributed by atoms with Crippen LogP contribution in [0.3, 0.4) is 0 Å². The van der Waals surface area contributed by atoms with Gasteiger partial charge in [-0.1, -0.05) is 25.1 Å². The maximum Gasteiger partial charge on any atom is 0.0848 e. The van der Waals surface area contributed by atoms with Gasteiger partial charge in [0.2, 0.25) is 0 Å². The molecule has 1 unspecified atom stereocenters. The molecule has 0 saturated heterocycles. The monoisotopic (exact) mass is 245 g/mol. The van der Waals surface area contributed by atoms with Crippen LogP contribution >= 0.6 is 0 Å². The first kappa shape index (κ1) is 12.0. The largest absolute Gasteiger partial charge is 0.388 e. The minimum atomic E-state index is -0.486. The summed E-state index contributed by atoms with van der Waals surface area (Å²) in [5.41, 5.74) is 2.13. The van der Waals surface area contributed by atoms with Gasteiger partial charge in [0.05, 0.1) is 11.6 Å². The first-order valence-corrected chi connectivity index (χ1v) is 7.24. The van der Waals surface area contributed by atoms with Crippen molar-refractivity contribution in [2.75, 3.05) is 5.32 Å². The van der Waals surface area contributed by atoms with Crippen molar-refractivity contribution in [2.45, 2.75) is 57.1 Å². The summed E-state index contributed by atoms with van der Waals surface area (Å²) in [5.74, 6) is 0.779. The van der Waals surface area contributed by atoms with Crippen molar-refractivity contribution >= 4 is 5.69 Å². The maximum absolute atomic E-state index is 10.9. The number of fused-ring (bicyclic) bond motifs is 1. The second kappa shape index (κ2) is 4.58. The fraction of sp³-hybridized carbons (Fsp3) is 0.625. The van der Waals surface area contributed by atoms with E-state index in [0.717, 1.165) is 44.4 Å². The summed E-state index contributed by atoms with van der Waals surface area (Å²) in [5, 5.41) is 14.4. The molecule has 0 aromatic heterocycles. The Kier molecular flexibility index (Phi) is 3.06. The van der Waals surface area contributed by atoms with E-state index in [1.807, 2.05) is 0 Å². The number of aryl methyl sites for hydroxylation is 1. The summed E-state index contributed by atoms with van der Waals surface area (Å²) in [6, 6.07) is 8.72. The molecule has 2 aliphatic rings. The van der Waals surface area contributed by atoms with Crippen LogP contribution in [0.15, 0.2) is 24.3 Å². The fourth-order valence-corrected chi connectivity index (χ4v) is 3.45. The smallest absolute Gasteiger partial charge is 0.0848 e. The van der Waals surface area contributed by atoms with E-state index in [0.29, 0.717) is 0 Å². The number of rotatable bonds is 1. The van der Waals surface area contributed by atoms with Crippen LogP contribution in [0.2, 0.25) is 0 Å². The molecule has 1 aromatic rings. The number of anilines is 1. The minimum Gasteiger partial charge on any atom is -0.388 e. The molecule has 0 bridgehead atoms. The number of hydrogen-bond donors (Lipinski definition) is 2. The van der Waals surface area contributed by atoms with Gasteiger partial charge >= 0.3 is 0 Å². The van der Waals surface area contributed by atoms with Crippen LogP contribution in [-0.4, -0.2) is 16.7 Å². The molecule has 0 spiro atoms. The average molecular weight is 245 g/mol. The Labute approximate surface area is 109 Å². The molecule has 98 valence electrons. The standard InChI is InChI=1S/C16H23NO/c1-12-8-10-16(18,11-9-12)15-7-6-13-4-2-3-5-14(13)17-15/h2-5,12,15,17-18H,6-11H2,1H3. The van der Waals surface area contributed by atoms with Gasteiger partial charge in [0.25, 0.3) is 0 Å². The minimum absolute atomic E-state index is 0.236. The molecule has 1 saturated carbocycles. The van der Waals surface area contributed by atoms with Crippen molar-refractivity contribution in [3.63, 3.8) is 0 Å². The van der Waals surface area contributed by atoms with Crippen molar-refractivity contribution in [1.82, 2.24) is 0 Å². The molecule has 2 nitrogen and oxygen atoms in total.